The van der Waals surface area contributed by atoms with E-state index in [2.05, 4.69) is 13.8 Å². The van der Waals surface area contributed by atoms with E-state index in [0.29, 0.717) is 12.0 Å². The molecule has 0 amide bonds. The molecular formula is C13H24O2. The zero-order valence-electron chi connectivity index (χ0n) is 10.1. The molecule has 0 aromatic rings. The predicted molar refractivity (Wildman–Crippen MR) is 60.7 cm³/mol. The summed E-state index contributed by atoms with van der Waals surface area (Å²) in [5, 5.41) is 0. The number of ether oxygens (including phenoxy) is 2. The monoisotopic (exact) mass is 212 g/mol. The summed E-state index contributed by atoms with van der Waals surface area (Å²) in [4.78, 5) is 0. The van der Waals surface area contributed by atoms with Crippen LogP contribution < -0.4 is 0 Å². The van der Waals surface area contributed by atoms with Gasteiger partial charge in [-0.2, -0.15) is 0 Å². The van der Waals surface area contributed by atoms with Crippen LogP contribution >= 0.6 is 0 Å². The molecule has 1 aliphatic carbocycles. The molecule has 1 heterocycles. The SMILES string of the molecule is CCCC1OC2(CCCC2)OCC1CC. The van der Waals surface area contributed by atoms with Crippen molar-refractivity contribution in [3.8, 4) is 0 Å². The van der Waals surface area contributed by atoms with Crippen molar-refractivity contribution in [2.75, 3.05) is 6.61 Å². The molecule has 0 bridgehead atoms. The van der Waals surface area contributed by atoms with Gasteiger partial charge in [-0.05, 0) is 25.7 Å². The van der Waals surface area contributed by atoms with Crippen LogP contribution in [0.4, 0.5) is 0 Å². The topological polar surface area (TPSA) is 18.5 Å². The van der Waals surface area contributed by atoms with Crippen molar-refractivity contribution >= 4 is 0 Å². The summed E-state index contributed by atoms with van der Waals surface area (Å²) in [6.07, 6.45) is 8.83. The van der Waals surface area contributed by atoms with Gasteiger partial charge < -0.3 is 9.47 Å². The van der Waals surface area contributed by atoms with Crippen LogP contribution in [-0.2, 0) is 9.47 Å². The lowest BCUT2D eigenvalue weighted by Crippen LogP contribution is -2.47. The minimum atomic E-state index is -0.175. The summed E-state index contributed by atoms with van der Waals surface area (Å²) in [7, 11) is 0. The van der Waals surface area contributed by atoms with Gasteiger partial charge in [-0.3, -0.25) is 0 Å². The van der Waals surface area contributed by atoms with Gasteiger partial charge in [-0.25, -0.2) is 0 Å². The zero-order chi connectivity index (χ0) is 10.7. The molecule has 88 valence electrons. The highest BCUT2D eigenvalue weighted by molar-refractivity contribution is 4.85. The van der Waals surface area contributed by atoms with Gasteiger partial charge in [0.2, 0.25) is 0 Å². The van der Waals surface area contributed by atoms with Crippen LogP contribution in [0.25, 0.3) is 0 Å². The lowest BCUT2D eigenvalue weighted by molar-refractivity contribution is -0.308. The minimum Gasteiger partial charge on any atom is -0.350 e. The van der Waals surface area contributed by atoms with Gasteiger partial charge in [0.15, 0.2) is 5.79 Å². The van der Waals surface area contributed by atoms with Crippen LogP contribution in [0.1, 0.15) is 58.8 Å². The van der Waals surface area contributed by atoms with Crippen molar-refractivity contribution < 1.29 is 9.47 Å². The first-order chi connectivity index (χ1) is 7.29. The van der Waals surface area contributed by atoms with Crippen molar-refractivity contribution in [3.63, 3.8) is 0 Å². The smallest absolute Gasteiger partial charge is 0.168 e. The molecule has 2 aliphatic rings. The Labute approximate surface area is 93.3 Å². The Morgan fingerprint density at radius 1 is 1.20 bits per heavy atom. The number of hydrogen-bond donors (Lipinski definition) is 0. The summed E-state index contributed by atoms with van der Waals surface area (Å²) >= 11 is 0. The highest BCUT2D eigenvalue weighted by Crippen LogP contribution is 2.41. The standard InChI is InChI=1S/C13H24O2/c1-3-7-12-11(4-2)10-14-13(15-12)8-5-6-9-13/h11-12H,3-10H2,1-2H3. The quantitative estimate of drug-likeness (QED) is 0.713. The van der Waals surface area contributed by atoms with Crippen molar-refractivity contribution in [3.05, 3.63) is 0 Å². The second-order valence-corrected chi connectivity index (χ2v) is 5.04. The summed E-state index contributed by atoms with van der Waals surface area (Å²) in [5.41, 5.74) is 0. The van der Waals surface area contributed by atoms with Gasteiger partial charge in [0, 0.05) is 18.8 Å². The molecule has 2 atom stereocenters. The molecule has 1 saturated heterocycles. The molecule has 2 rings (SSSR count). The average molecular weight is 212 g/mol. The van der Waals surface area contributed by atoms with Gasteiger partial charge >= 0.3 is 0 Å². The normalized spacial score (nSPS) is 34.8. The Balaban J connectivity index is 1.98. The molecule has 0 N–H and O–H groups in total. The minimum absolute atomic E-state index is 0.175. The third-order valence-corrected chi connectivity index (χ3v) is 3.92. The van der Waals surface area contributed by atoms with E-state index in [1.165, 1.54) is 32.1 Å². The zero-order valence-corrected chi connectivity index (χ0v) is 10.1. The summed E-state index contributed by atoms with van der Waals surface area (Å²) < 4.78 is 12.2. The van der Waals surface area contributed by atoms with Crippen molar-refractivity contribution in [1.29, 1.82) is 0 Å². The Morgan fingerprint density at radius 3 is 2.53 bits per heavy atom. The maximum atomic E-state index is 6.26. The maximum Gasteiger partial charge on any atom is 0.168 e. The molecule has 2 unspecified atom stereocenters. The van der Waals surface area contributed by atoms with Crippen LogP contribution in [-0.4, -0.2) is 18.5 Å². The lowest BCUT2D eigenvalue weighted by atomic mass is 9.94. The number of rotatable bonds is 3. The molecule has 1 spiro atoms. The highest BCUT2D eigenvalue weighted by atomic mass is 16.7. The van der Waals surface area contributed by atoms with Crippen LogP contribution in [0.2, 0.25) is 0 Å². The Kier molecular flexibility index (Phi) is 3.68. The predicted octanol–water partition coefficient (Wildman–Crippen LogP) is 3.50. The van der Waals surface area contributed by atoms with E-state index in [0.717, 1.165) is 19.4 Å². The molecule has 2 nitrogen and oxygen atoms in total. The fraction of sp³-hybridized carbons (Fsp3) is 1.00. The number of hydrogen-bond acceptors (Lipinski definition) is 2. The average Bonchev–Trinajstić information content (AvgIpc) is 2.68. The van der Waals surface area contributed by atoms with Gasteiger partial charge in [0.05, 0.1) is 12.7 Å². The largest absolute Gasteiger partial charge is 0.350 e. The van der Waals surface area contributed by atoms with Gasteiger partial charge in [0.25, 0.3) is 0 Å². The lowest BCUT2D eigenvalue weighted by Gasteiger charge is -2.43. The fourth-order valence-electron chi connectivity index (χ4n) is 2.91. The van der Waals surface area contributed by atoms with E-state index in [1.54, 1.807) is 0 Å². The maximum absolute atomic E-state index is 6.26. The summed E-state index contributed by atoms with van der Waals surface area (Å²) in [6, 6.07) is 0. The van der Waals surface area contributed by atoms with Crippen molar-refractivity contribution in [2.24, 2.45) is 5.92 Å². The molecule has 0 radical (unpaired) electrons. The van der Waals surface area contributed by atoms with E-state index < -0.39 is 0 Å². The molecule has 1 aliphatic heterocycles. The van der Waals surface area contributed by atoms with E-state index in [4.69, 9.17) is 9.47 Å². The third kappa shape index (κ3) is 2.36. The Bertz CT molecular complexity index is 197. The van der Waals surface area contributed by atoms with E-state index in [-0.39, 0.29) is 5.79 Å². The molecule has 15 heavy (non-hydrogen) atoms. The summed E-state index contributed by atoms with van der Waals surface area (Å²) in [5.74, 6) is 0.446. The first-order valence-corrected chi connectivity index (χ1v) is 6.61. The van der Waals surface area contributed by atoms with Crippen LogP contribution in [0.15, 0.2) is 0 Å². The van der Waals surface area contributed by atoms with E-state index in [1.807, 2.05) is 0 Å². The Hall–Kier alpha value is -0.0800. The van der Waals surface area contributed by atoms with Crippen molar-refractivity contribution in [1.82, 2.24) is 0 Å². The second-order valence-electron chi connectivity index (χ2n) is 5.04. The fourth-order valence-corrected chi connectivity index (χ4v) is 2.91. The van der Waals surface area contributed by atoms with Gasteiger partial charge in [-0.15, -0.1) is 0 Å². The van der Waals surface area contributed by atoms with Crippen LogP contribution in [0.5, 0.6) is 0 Å². The molecule has 0 aromatic heterocycles. The van der Waals surface area contributed by atoms with Gasteiger partial charge in [-0.1, -0.05) is 20.3 Å². The third-order valence-electron chi connectivity index (χ3n) is 3.92. The van der Waals surface area contributed by atoms with Gasteiger partial charge in [0.1, 0.15) is 0 Å². The second kappa shape index (κ2) is 4.84. The molecule has 0 aromatic carbocycles. The first-order valence-electron chi connectivity index (χ1n) is 6.61. The Morgan fingerprint density at radius 2 is 1.93 bits per heavy atom. The van der Waals surface area contributed by atoms with Crippen LogP contribution in [0, 0.1) is 5.92 Å². The summed E-state index contributed by atoms with van der Waals surface area (Å²) in [6.45, 7) is 5.40. The molecular weight excluding hydrogens is 188 g/mol. The van der Waals surface area contributed by atoms with E-state index >= 15 is 0 Å². The molecule has 1 saturated carbocycles. The highest BCUT2D eigenvalue weighted by Gasteiger charge is 2.43. The van der Waals surface area contributed by atoms with Crippen molar-refractivity contribution in [2.45, 2.75) is 70.7 Å². The molecule has 2 fully saturated rings. The van der Waals surface area contributed by atoms with E-state index in [9.17, 15) is 0 Å². The molecule has 2 heteroatoms. The first kappa shape index (κ1) is 11.4. The van der Waals surface area contributed by atoms with Crippen LogP contribution in [0.3, 0.4) is 0 Å².